The first kappa shape index (κ1) is 10.5. The molecule has 0 radical (unpaired) electrons. The summed E-state index contributed by atoms with van der Waals surface area (Å²) in [7, 11) is 0. The van der Waals surface area contributed by atoms with Crippen molar-refractivity contribution in [2.45, 2.75) is 20.3 Å². The molecule has 1 atom stereocenters. The third-order valence-corrected chi connectivity index (χ3v) is 3.22. The summed E-state index contributed by atoms with van der Waals surface area (Å²) in [5.41, 5.74) is 2.74. The predicted octanol–water partition coefficient (Wildman–Crippen LogP) is 1.62. The van der Waals surface area contributed by atoms with Gasteiger partial charge in [0.2, 0.25) is 5.91 Å². The molecule has 1 aromatic rings. The van der Waals surface area contributed by atoms with Gasteiger partial charge in [0.1, 0.15) is 0 Å². The molecule has 2 rings (SSSR count). The number of hydrogen-bond donors (Lipinski definition) is 1. The van der Waals surface area contributed by atoms with E-state index in [2.05, 4.69) is 10.2 Å². The predicted molar refractivity (Wildman–Crippen MR) is 59.2 cm³/mol. The summed E-state index contributed by atoms with van der Waals surface area (Å²) in [6.07, 6.45) is 0.549. The molecule has 1 aromatic heterocycles. The standard InChI is InChI=1S/C10H14ClN3O/c1-6-10(7(2)13-12-6)14-5-8(4-11)3-9(14)15/h8H,3-5H2,1-2H3,(H,12,13). The monoisotopic (exact) mass is 227 g/mol. The van der Waals surface area contributed by atoms with Gasteiger partial charge in [0, 0.05) is 18.8 Å². The molecule has 1 unspecified atom stereocenters. The number of rotatable bonds is 2. The van der Waals surface area contributed by atoms with Crippen LogP contribution in [0.1, 0.15) is 17.8 Å². The van der Waals surface area contributed by atoms with Gasteiger partial charge in [-0.05, 0) is 19.8 Å². The lowest BCUT2D eigenvalue weighted by Crippen LogP contribution is -2.25. The van der Waals surface area contributed by atoms with Crippen molar-refractivity contribution in [1.29, 1.82) is 0 Å². The van der Waals surface area contributed by atoms with E-state index in [0.717, 1.165) is 17.1 Å². The van der Waals surface area contributed by atoms with Crippen molar-refractivity contribution in [3.05, 3.63) is 11.4 Å². The second-order valence-electron chi connectivity index (χ2n) is 4.01. The van der Waals surface area contributed by atoms with Gasteiger partial charge in [0.05, 0.1) is 17.1 Å². The molecule has 5 heteroatoms. The molecule has 15 heavy (non-hydrogen) atoms. The molecule has 1 aliphatic heterocycles. The van der Waals surface area contributed by atoms with Crippen LogP contribution in [0, 0.1) is 19.8 Å². The van der Waals surface area contributed by atoms with Crippen LogP contribution in [0.15, 0.2) is 0 Å². The van der Waals surface area contributed by atoms with E-state index >= 15 is 0 Å². The van der Waals surface area contributed by atoms with E-state index in [1.165, 1.54) is 0 Å². The quantitative estimate of drug-likeness (QED) is 0.781. The summed E-state index contributed by atoms with van der Waals surface area (Å²) in [4.78, 5) is 13.6. The molecule has 1 aliphatic rings. The number of carbonyl (C=O) groups excluding carboxylic acids is 1. The van der Waals surface area contributed by atoms with Gasteiger partial charge in [0.15, 0.2) is 0 Å². The van der Waals surface area contributed by atoms with E-state index in [9.17, 15) is 4.79 Å². The Morgan fingerprint density at radius 2 is 2.33 bits per heavy atom. The van der Waals surface area contributed by atoms with E-state index in [1.807, 2.05) is 13.8 Å². The minimum Gasteiger partial charge on any atom is -0.309 e. The molecule has 2 heterocycles. The van der Waals surface area contributed by atoms with Gasteiger partial charge in [-0.1, -0.05) is 0 Å². The molecule has 0 spiro atoms. The summed E-state index contributed by atoms with van der Waals surface area (Å²) in [6, 6.07) is 0. The maximum Gasteiger partial charge on any atom is 0.227 e. The second kappa shape index (κ2) is 3.85. The van der Waals surface area contributed by atoms with Gasteiger partial charge in [-0.25, -0.2) is 0 Å². The molecule has 1 amide bonds. The van der Waals surface area contributed by atoms with Crippen LogP contribution in [0.2, 0.25) is 0 Å². The molecule has 1 fully saturated rings. The first-order valence-electron chi connectivity index (χ1n) is 5.01. The summed E-state index contributed by atoms with van der Waals surface area (Å²) in [5.74, 6) is 0.958. The van der Waals surface area contributed by atoms with E-state index < -0.39 is 0 Å². The lowest BCUT2D eigenvalue weighted by atomic mass is 10.1. The molecule has 0 saturated carbocycles. The number of amides is 1. The zero-order valence-electron chi connectivity index (χ0n) is 8.88. The van der Waals surface area contributed by atoms with Crippen molar-refractivity contribution in [3.8, 4) is 0 Å². The van der Waals surface area contributed by atoms with Crippen LogP contribution in [-0.2, 0) is 4.79 Å². The Labute approximate surface area is 93.6 Å². The topological polar surface area (TPSA) is 49.0 Å². The Bertz CT molecular complexity index is 369. The summed E-state index contributed by atoms with van der Waals surface area (Å²) < 4.78 is 0. The van der Waals surface area contributed by atoms with E-state index in [0.29, 0.717) is 18.8 Å². The number of aromatic amines is 1. The Balaban J connectivity index is 2.29. The first-order valence-corrected chi connectivity index (χ1v) is 5.54. The fourth-order valence-corrected chi connectivity index (χ4v) is 2.25. The van der Waals surface area contributed by atoms with Crippen molar-refractivity contribution < 1.29 is 4.79 Å². The van der Waals surface area contributed by atoms with Crippen LogP contribution in [0.5, 0.6) is 0 Å². The number of halogens is 1. The average Bonchev–Trinajstić information content (AvgIpc) is 2.71. The van der Waals surface area contributed by atoms with Crippen LogP contribution in [0.3, 0.4) is 0 Å². The summed E-state index contributed by atoms with van der Waals surface area (Å²) in [6.45, 7) is 4.54. The number of nitrogens with zero attached hydrogens (tertiary/aromatic N) is 2. The first-order chi connectivity index (χ1) is 7.13. The molecule has 0 aromatic carbocycles. The highest BCUT2D eigenvalue weighted by molar-refractivity contribution is 6.18. The highest BCUT2D eigenvalue weighted by Gasteiger charge is 2.32. The van der Waals surface area contributed by atoms with Gasteiger partial charge in [-0.15, -0.1) is 11.6 Å². The van der Waals surface area contributed by atoms with E-state index in [1.54, 1.807) is 4.90 Å². The SMILES string of the molecule is Cc1n[nH]c(C)c1N1CC(CCl)CC1=O. The number of aryl methyl sites for hydroxylation is 2. The molecular formula is C10H14ClN3O. The number of alkyl halides is 1. The van der Waals surface area contributed by atoms with Crippen molar-refractivity contribution in [3.63, 3.8) is 0 Å². The van der Waals surface area contributed by atoms with Gasteiger partial charge < -0.3 is 4.90 Å². The molecule has 0 bridgehead atoms. The van der Waals surface area contributed by atoms with Crippen LogP contribution < -0.4 is 4.90 Å². The number of hydrogen-bond acceptors (Lipinski definition) is 2. The molecule has 0 aliphatic carbocycles. The highest BCUT2D eigenvalue weighted by Crippen LogP contribution is 2.29. The average molecular weight is 228 g/mol. The zero-order chi connectivity index (χ0) is 11.0. The van der Waals surface area contributed by atoms with Gasteiger partial charge in [-0.3, -0.25) is 9.89 Å². The van der Waals surface area contributed by atoms with Crippen molar-refractivity contribution in [1.82, 2.24) is 10.2 Å². The van der Waals surface area contributed by atoms with Gasteiger partial charge in [-0.2, -0.15) is 5.10 Å². The van der Waals surface area contributed by atoms with Crippen molar-refractivity contribution >= 4 is 23.2 Å². The van der Waals surface area contributed by atoms with E-state index in [4.69, 9.17) is 11.6 Å². The molecule has 1 saturated heterocycles. The Morgan fingerprint density at radius 1 is 1.60 bits per heavy atom. The minimum absolute atomic E-state index is 0.147. The largest absolute Gasteiger partial charge is 0.309 e. The zero-order valence-corrected chi connectivity index (χ0v) is 9.64. The van der Waals surface area contributed by atoms with Crippen LogP contribution in [0.4, 0.5) is 5.69 Å². The smallest absolute Gasteiger partial charge is 0.227 e. The fourth-order valence-electron chi connectivity index (χ4n) is 2.04. The fraction of sp³-hybridized carbons (Fsp3) is 0.600. The third-order valence-electron chi connectivity index (χ3n) is 2.78. The van der Waals surface area contributed by atoms with Gasteiger partial charge in [0.25, 0.3) is 0 Å². The van der Waals surface area contributed by atoms with Crippen LogP contribution in [-0.4, -0.2) is 28.5 Å². The normalized spacial score (nSPS) is 21.4. The summed E-state index contributed by atoms with van der Waals surface area (Å²) >= 11 is 5.78. The Morgan fingerprint density at radius 3 is 2.80 bits per heavy atom. The number of anilines is 1. The molecule has 82 valence electrons. The number of nitrogens with one attached hydrogen (secondary N) is 1. The number of aromatic nitrogens is 2. The van der Waals surface area contributed by atoms with E-state index in [-0.39, 0.29) is 11.8 Å². The highest BCUT2D eigenvalue weighted by atomic mass is 35.5. The number of H-pyrrole nitrogens is 1. The molecule has 4 nitrogen and oxygen atoms in total. The summed E-state index contributed by atoms with van der Waals surface area (Å²) in [5, 5.41) is 6.98. The lowest BCUT2D eigenvalue weighted by molar-refractivity contribution is -0.117. The minimum atomic E-state index is 0.147. The second-order valence-corrected chi connectivity index (χ2v) is 4.32. The lowest BCUT2D eigenvalue weighted by Gasteiger charge is -2.16. The van der Waals surface area contributed by atoms with Gasteiger partial charge >= 0.3 is 0 Å². The maximum absolute atomic E-state index is 11.8. The van der Waals surface area contributed by atoms with Crippen LogP contribution in [0.25, 0.3) is 0 Å². The molecule has 1 N–H and O–H groups in total. The number of carbonyl (C=O) groups is 1. The third kappa shape index (κ3) is 1.74. The van der Waals surface area contributed by atoms with Crippen molar-refractivity contribution in [2.24, 2.45) is 5.92 Å². The molecular weight excluding hydrogens is 214 g/mol. The maximum atomic E-state index is 11.8. The Hall–Kier alpha value is -1.03. The van der Waals surface area contributed by atoms with Crippen molar-refractivity contribution in [2.75, 3.05) is 17.3 Å². The van der Waals surface area contributed by atoms with Crippen LogP contribution >= 0.6 is 11.6 Å². The Kier molecular flexibility index (Phi) is 2.69.